The lowest BCUT2D eigenvalue weighted by Crippen LogP contribution is -2.38. The van der Waals surface area contributed by atoms with Crippen LogP contribution >= 0.6 is 0 Å². The van der Waals surface area contributed by atoms with Gasteiger partial charge in [-0.2, -0.15) is 0 Å². The van der Waals surface area contributed by atoms with Crippen LogP contribution in [0.5, 0.6) is 0 Å². The lowest BCUT2D eigenvalue weighted by atomic mass is 10.0. The number of halogens is 1. The number of hydrogen-bond acceptors (Lipinski definition) is 3. The molecule has 112 valence electrons. The molecular formula is C16H18FNO3. The molecule has 1 unspecified atom stereocenters. The zero-order chi connectivity index (χ0) is 15.3. The van der Waals surface area contributed by atoms with Gasteiger partial charge in [0.2, 0.25) is 5.91 Å². The van der Waals surface area contributed by atoms with Crippen molar-refractivity contribution >= 4 is 5.91 Å². The van der Waals surface area contributed by atoms with E-state index in [1.54, 1.807) is 31.2 Å². The van der Waals surface area contributed by atoms with Gasteiger partial charge in [0.15, 0.2) is 0 Å². The Bertz CT molecular complexity index is 576. The Labute approximate surface area is 122 Å². The fraction of sp³-hybridized carbons (Fsp3) is 0.312. The normalized spacial score (nSPS) is 13.7. The number of nitrogens with one attached hydrogen (secondary N) is 1. The SMILES string of the molecule is CC(O)(CNC(=O)CCc1ccc(F)cc1)c1ccco1. The van der Waals surface area contributed by atoms with E-state index in [1.807, 2.05) is 0 Å². The highest BCUT2D eigenvalue weighted by molar-refractivity contribution is 5.76. The van der Waals surface area contributed by atoms with E-state index in [0.29, 0.717) is 12.2 Å². The maximum atomic E-state index is 12.8. The maximum Gasteiger partial charge on any atom is 0.220 e. The summed E-state index contributed by atoms with van der Waals surface area (Å²) in [6, 6.07) is 9.39. The Morgan fingerprint density at radius 2 is 2.05 bits per heavy atom. The molecule has 2 rings (SSSR count). The van der Waals surface area contributed by atoms with Crippen LogP contribution in [-0.4, -0.2) is 17.6 Å². The summed E-state index contributed by atoms with van der Waals surface area (Å²) in [5.41, 5.74) is -0.348. The van der Waals surface area contributed by atoms with Crippen molar-refractivity contribution in [2.75, 3.05) is 6.54 Å². The average Bonchev–Trinajstić information content (AvgIpc) is 3.00. The molecule has 0 saturated heterocycles. The smallest absolute Gasteiger partial charge is 0.220 e. The van der Waals surface area contributed by atoms with Gasteiger partial charge >= 0.3 is 0 Å². The molecule has 0 aliphatic rings. The van der Waals surface area contributed by atoms with Crippen molar-refractivity contribution in [1.82, 2.24) is 5.32 Å². The van der Waals surface area contributed by atoms with Gasteiger partial charge in [-0.05, 0) is 43.2 Å². The van der Waals surface area contributed by atoms with E-state index in [1.165, 1.54) is 18.4 Å². The van der Waals surface area contributed by atoms with E-state index < -0.39 is 5.60 Å². The second-order valence-corrected chi connectivity index (χ2v) is 5.15. The van der Waals surface area contributed by atoms with Crippen molar-refractivity contribution in [1.29, 1.82) is 0 Å². The topological polar surface area (TPSA) is 62.5 Å². The van der Waals surface area contributed by atoms with E-state index in [4.69, 9.17) is 4.42 Å². The summed E-state index contributed by atoms with van der Waals surface area (Å²) >= 11 is 0. The molecule has 0 bridgehead atoms. The molecule has 1 heterocycles. The van der Waals surface area contributed by atoms with Crippen molar-refractivity contribution in [3.8, 4) is 0 Å². The second kappa shape index (κ2) is 6.54. The molecule has 0 saturated carbocycles. The van der Waals surface area contributed by atoms with E-state index in [2.05, 4.69) is 5.32 Å². The zero-order valence-corrected chi connectivity index (χ0v) is 11.8. The molecule has 1 aromatic heterocycles. The molecule has 2 N–H and O–H groups in total. The highest BCUT2D eigenvalue weighted by Crippen LogP contribution is 2.19. The lowest BCUT2D eigenvalue weighted by Gasteiger charge is -2.21. The zero-order valence-electron chi connectivity index (χ0n) is 11.8. The summed E-state index contributed by atoms with van der Waals surface area (Å²) in [6.45, 7) is 1.65. The number of carbonyl (C=O) groups excluding carboxylic acids is 1. The highest BCUT2D eigenvalue weighted by Gasteiger charge is 2.26. The first-order valence-corrected chi connectivity index (χ1v) is 6.75. The van der Waals surface area contributed by atoms with Gasteiger partial charge in [0.05, 0.1) is 12.8 Å². The summed E-state index contributed by atoms with van der Waals surface area (Å²) < 4.78 is 17.9. The summed E-state index contributed by atoms with van der Waals surface area (Å²) in [5.74, 6) is -0.0646. The molecule has 1 amide bonds. The molecule has 21 heavy (non-hydrogen) atoms. The number of aryl methyl sites for hydroxylation is 1. The molecule has 0 fully saturated rings. The number of carbonyl (C=O) groups is 1. The monoisotopic (exact) mass is 291 g/mol. The van der Waals surface area contributed by atoms with Crippen molar-refractivity contribution in [3.05, 3.63) is 59.8 Å². The largest absolute Gasteiger partial charge is 0.466 e. The predicted molar refractivity (Wildman–Crippen MR) is 76.0 cm³/mol. The van der Waals surface area contributed by atoms with Crippen LogP contribution in [0.4, 0.5) is 4.39 Å². The van der Waals surface area contributed by atoms with Crippen molar-refractivity contribution in [2.45, 2.75) is 25.4 Å². The third-order valence-corrected chi connectivity index (χ3v) is 3.24. The van der Waals surface area contributed by atoms with Gasteiger partial charge < -0.3 is 14.8 Å². The van der Waals surface area contributed by atoms with E-state index >= 15 is 0 Å². The first-order valence-electron chi connectivity index (χ1n) is 6.75. The third-order valence-electron chi connectivity index (χ3n) is 3.24. The summed E-state index contributed by atoms with van der Waals surface area (Å²) in [4.78, 5) is 11.8. The number of furan rings is 1. The third kappa shape index (κ3) is 4.43. The molecular weight excluding hydrogens is 273 g/mol. The van der Waals surface area contributed by atoms with Crippen LogP contribution in [0.1, 0.15) is 24.7 Å². The van der Waals surface area contributed by atoms with E-state index in [-0.39, 0.29) is 24.7 Å². The Kier molecular flexibility index (Phi) is 4.75. The molecule has 1 atom stereocenters. The van der Waals surface area contributed by atoms with E-state index in [9.17, 15) is 14.3 Å². The lowest BCUT2D eigenvalue weighted by molar-refractivity contribution is -0.122. The van der Waals surface area contributed by atoms with Gasteiger partial charge in [-0.25, -0.2) is 4.39 Å². The number of hydrogen-bond donors (Lipinski definition) is 2. The standard InChI is InChI=1S/C16H18FNO3/c1-16(20,14-3-2-10-21-14)11-18-15(19)9-6-12-4-7-13(17)8-5-12/h2-5,7-8,10,20H,6,9,11H2,1H3,(H,18,19). The van der Waals surface area contributed by atoms with Crippen LogP contribution in [0, 0.1) is 5.82 Å². The fourth-order valence-corrected chi connectivity index (χ4v) is 1.94. The number of aliphatic hydroxyl groups is 1. The fourth-order valence-electron chi connectivity index (χ4n) is 1.94. The summed E-state index contributed by atoms with van der Waals surface area (Å²) in [6.07, 6.45) is 2.27. The average molecular weight is 291 g/mol. The van der Waals surface area contributed by atoms with Crippen molar-refractivity contribution in [2.24, 2.45) is 0 Å². The minimum atomic E-state index is -1.24. The van der Waals surface area contributed by atoms with Gasteiger partial charge in [-0.15, -0.1) is 0 Å². The molecule has 0 aliphatic carbocycles. The number of benzene rings is 1. The Morgan fingerprint density at radius 3 is 2.67 bits per heavy atom. The van der Waals surface area contributed by atoms with Crippen LogP contribution in [0.2, 0.25) is 0 Å². The van der Waals surface area contributed by atoms with Gasteiger partial charge in [0.1, 0.15) is 17.2 Å². The van der Waals surface area contributed by atoms with Gasteiger partial charge in [-0.1, -0.05) is 12.1 Å². The highest BCUT2D eigenvalue weighted by atomic mass is 19.1. The molecule has 5 heteroatoms. The maximum absolute atomic E-state index is 12.8. The van der Waals surface area contributed by atoms with Gasteiger partial charge in [0.25, 0.3) is 0 Å². The minimum Gasteiger partial charge on any atom is -0.466 e. The summed E-state index contributed by atoms with van der Waals surface area (Å²) in [5, 5.41) is 12.9. The van der Waals surface area contributed by atoms with Gasteiger partial charge in [-0.3, -0.25) is 4.79 Å². The first-order chi connectivity index (χ1) is 9.97. The molecule has 0 spiro atoms. The minimum absolute atomic E-state index is 0.0722. The molecule has 0 radical (unpaired) electrons. The first kappa shape index (κ1) is 15.3. The van der Waals surface area contributed by atoms with Crippen LogP contribution in [-0.2, 0) is 16.8 Å². The molecule has 1 aromatic carbocycles. The van der Waals surface area contributed by atoms with Crippen molar-refractivity contribution in [3.63, 3.8) is 0 Å². The molecule has 2 aromatic rings. The van der Waals surface area contributed by atoms with Crippen molar-refractivity contribution < 1.29 is 18.7 Å². The van der Waals surface area contributed by atoms with E-state index in [0.717, 1.165) is 5.56 Å². The number of rotatable bonds is 6. The quantitative estimate of drug-likeness (QED) is 0.859. The number of amides is 1. The molecule has 0 aliphatic heterocycles. The van der Waals surface area contributed by atoms with Crippen LogP contribution in [0.25, 0.3) is 0 Å². The Morgan fingerprint density at radius 1 is 1.33 bits per heavy atom. The van der Waals surface area contributed by atoms with Gasteiger partial charge in [0, 0.05) is 6.42 Å². The predicted octanol–water partition coefficient (Wildman–Crippen LogP) is 2.38. The second-order valence-electron chi connectivity index (χ2n) is 5.15. The van der Waals surface area contributed by atoms with Crippen LogP contribution in [0.3, 0.4) is 0 Å². The van der Waals surface area contributed by atoms with Crippen LogP contribution in [0.15, 0.2) is 47.1 Å². The molecule has 4 nitrogen and oxygen atoms in total. The summed E-state index contributed by atoms with van der Waals surface area (Å²) in [7, 11) is 0. The van der Waals surface area contributed by atoms with Crippen LogP contribution < -0.4 is 5.32 Å². The Hall–Kier alpha value is -2.14. The Balaban J connectivity index is 1.78.